The minimum Gasteiger partial charge on any atom is -0.494 e. The van der Waals surface area contributed by atoms with Gasteiger partial charge < -0.3 is 10.5 Å². The van der Waals surface area contributed by atoms with Gasteiger partial charge in [-0.2, -0.15) is 0 Å². The van der Waals surface area contributed by atoms with E-state index in [-0.39, 0.29) is 0 Å². The highest BCUT2D eigenvalue weighted by Crippen LogP contribution is 2.23. The first-order valence-electron chi connectivity index (χ1n) is 9.13. The van der Waals surface area contributed by atoms with E-state index in [1.807, 2.05) is 0 Å². The molecule has 2 rings (SSSR count). The van der Waals surface area contributed by atoms with Crippen LogP contribution in [-0.2, 0) is 6.42 Å². The molecule has 0 heterocycles. The predicted octanol–water partition coefficient (Wildman–Crippen LogP) is 5.16. The lowest BCUT2D eigenvalue weighted by Crippen LogP contribution is -2.15. The maximum absolute atomic E-state index is 6.04. The lowest BCUT2D eigenvalue weighted by atomic mass is 9.90. The second-order valence-corrected chi connectivity index (χ2v) is 6.68. The average Bonchev–Trinajstić information content (AvgIpc) is 2.60. The molecule has 2 heteroatoms. The molecule has 0 saturated carbocycles. The zero-order valence-electron chi connectivity index (χ0n) is 15.3. The van der Waals surface area contributed by atoms with Gasteiger partial charge in [-0.25, -0.2) is 0 Å². The highest BCUT2D eigenvalue weighted by molar-refractivity contribution is 5.34. The molecule has 0 fully saturated rings. The third kappa shape index (κ3) is 5.38. The molecule has 2 aromatic carbocycles. The molecule has 2 nitrogen and oxygen atoms in total. The second kappa shape index (κ2) is 9.48. The molecule has 0 aliphatic heterocycles. The van der Waals surface area contributed by atoms with Crippen LogP contribution in [0.3, 0.4) is 0 Å². The summed E-state index contributed by atoms with van der Waals surface area (Å²) >= 11 is 0. The molecule has 0 aliphatic carbocycles. The van der Waals surface area contributed by atoms with Crippen LogP contribution >= 0.6 is 0 Å². The third-order valence-electron chi connectivity index (χ3n) is 4.71. The van der Waals surface area contributed by atoms with Gasteiger partial charge in [0.25, 0.3) is 0 Å². The Morgan fingerprint density at radius 2 is 1.71 bits per heavy atom. The minimum absolute atomic E-state index is 0.362. The standard InChI is InChI=1S/C22H31NO/c1-4-5-6-13-24-22-11-8-19(9-12-22)15-21(16-23)20-10-7-17(2)18(3)14-20/h7-12,14,21H,4-6,13,15-16,23H2,1-3H3. The van der Waals surface area contributed by atoms with Crippen molar-refractivity contribution >= 4 is 0 Å². The highest BCUT2D eigenvalue weighted by atomic mass is 16.5. The fourth-order valence-electron chi connectivity index (χ4n) is 2.90. The van der Waals surface area contributed by atoms with Gasteiger partial charge in [0, 0.05) is 5.92 Å². The molecule has 24 heavy (non-hydrogen) atoms. The van der Waals surface area contributed by atoms with Crippen molar-refractivity contribution in [2.75, 3.05) is 13.2 Å². The topological polar surface area (TPSA) is 35.2 Å². The smallest absolute Gasteiger partial charge is 0.119 e. The van der Waals surface area contributed by atoms with Crippen LogP contribution in [-0.4, -0.2) is 13.2 Å². The third-order valence-corrected chi connectivity index (χ3v) is 4.71. The molecule has 0 bridgehead atoms. The van der Waals surface area contributed by atoms with Crippen molar-refractivity contribution in [3.05, 3.63) is 64.7 Å². The fraction of sp³-hybridized carbons (Fsp3) is 0.455. The first-order valence-corrected chi connectivity index (χ1v) is 9.13. The zero-order chi connectivity index (χ0) is 17.4. The summed E-state index contributed by atoms with van der Waals surface area (Å²) in [4.78, 5) is 0. The van der Waals surface area contributed by atoms with Gasteiger partial charge in [0.2, 0.25) is 0 Å². The molecule has 130 valence electrons. The lowest BCUT2D eigenvalue weighted by molar-refractivity contribution is 0.306. The summed E-state index contributed by atoms with van der Waals surface area (Å²) in [6.45, 7) is 7.99. The maximum atomic E-state index is 6.04. The Morgan fingerprint density at radius 1 is 0.958 bits per heavy atom. The Labute approximate surface area is 147 Å². The Morgan fingerprint density at radius 3 is 2.33 bits per heavy atom. The van der Waals surface area contributed by atoms with Gasteiger partial charge in [-0.1, -0.05) is 50.1 Å². The molecule has 0 aromatic heterocycles. The normalized spacial score (nSPS) is 12.2. The first kappa shape index (κ1) is 18.5. The Balaban J connectivity index is 1.96. The summed E-state index contributed by atoms with van der Waals surface area (Å²) in [6, 6.07) is 15.2. The van der Waals surface area contributed by atoms with Crippen molar-refractivity contribution in [2.45, 2.75) is 52.4 Å². The lowest BCUT2D eigenvalue weighted by Gasteiger charge is -2.17. The van der Waals surface area contributed by atoms with E-state index in [2.05, 4.69) is 63.2 Å². The summed E-state index contributed by atoms with van der Waals surface area (Å²) in [7, 11) is 0. The number of benzene rings is 2. The van der Waals surface area contributed by atoms with Gasteiger partial charge in [-0.3, -0.25) is 0 Å². The molecule has 1 unspecified atom stereocenters. The number of unbranched alkanes of at least 4 members (excludes halogenated alkanes) is 2. The van der Waals surface area contributed by atoms with Gasteiger partial charge in [0.05, 0.1) is 6.61 Å². The van der Waals surface area contributed by atoms with E-state index in [4.69, 9.17) is 10.5 Å². The molecule has 0 radical (unpaired) electrons. The number of aryl methyl sites for hydroxylation is 2. The van der Waals surface area contributed by atoms with E-state index < -0.39 is 0 Å². The van der Waals surface area contributed by atoms with Gasteiger partial charge in [0.15, 0.2) is 0 Å². The van der Waals surface area contributed by atoms with Crippen molar-refractivity contribution < 1.29 is 4.74 Å². The summed E-state index contributed by atoms with van der Waals surface area (Å²) < 4.78 is 5.78. The van der Waals surface area contributed by atoms with Crippen LogP contribution in [0.4, 0.5) is 0 Å². The van der Waals surface area contributed by atoms with E-state index in [1.54, 1.807) is 0 Å². The summed E-state index contributed by atoms with van der Waals surface area (Å²) in [5, 5.41) is 0. The van der Waals surface area contributed by atoms with Gasteiger partial charge in [0.1, 0.15) is 5.75 Å². The quantitative estimate of drug-likeness (QED) is 0.647. The van der Waals surface area contributed by atoms with Crippen LogP contribution < -0.4 is 10.5 Å². The maximum Gasteiger partial charge on any atom is 0.119 e. The van der Waals surface area contributed by atoms with Crippen molar-refractivity contribution in [2.24, 2.45) is 5.73 Å². The van der Waals surface area contributed by atoms with Crippen LogP contribution in [0.1, 0.15) is 54.4 Å². The van der Waals surface area contributed by atoms with Crippen molar-refractivity contribution in [3.8, 4) is 5.75 Å². The number of hydrogen-bond acceptors (Lipinski definition) is 2. The van der Waals surface area contributed by atoms with Crippen molar-refractivity contribution in [3.63, 3.8) is 0 Å². The average molecular weight is 325 g/mol. The van der Waals surface area contributed by atoms with Gasteiger partial charge in [-0.15, -0.1) is 0 Å². The summed E-state index contributed by atoms with van der Waals surface area (Å²) in [6.07, 6.45) is 4.54. The summed E-state index contributed by atoms with van der Waals surface area (Å²) in [5.74, 6) is 1.32. The van der Waals surface area contributed by atoms with E-state index in [0.717, 1.165) is 25.2 Å². The van der Waals surface area contributed by atoms with Crippen LogP contribution in [0.5, 0.6) is 5.75 Å². The zero-order valence-corrected chi connectivity index (χ0v) is 15.3. The molecule has 1 atom stereocenters. The van der Waals surface area contributed by atoms with E-state index in [1.165, 1.54) is 35.1 Å². The molecule has 2 aromatic rings. The Bertz CT molecular complexity index is 618. The SMILES string of the molecule is CCCCCOc1ccc(CC(CN)c2ccc(C)c(C)c2)cc1. The number of nitrogens with two attached hydrogens (primary N) is 1. The van der Waals surface area contributed by atoms with Crippen LogP contribution in [0.25, 0.3) is 0 Å². The number of rotatable bonds is 9. The van der Waals surface area contributed by atoms with Crippen LogP contribution in [0.15, 0.2) is 42.5 Å². The van der Waals surface area contributed by atoms with Crippen molar-refractivity contribution in [1.29, 1.82) is 0 Å². The second-order valence-electron chi connectivity index (χ2n) is 6.68. The van der Waals surface area contributed by atoms with E-state index in [9.17, 15) is 0 Å². The van der Waals surface area contributed by atoms with Crippen LogP contribution in [0.2, 0.25) is 0 Å². The molecule has 0 saturated heterocycles. The molecule has 0 amide bonds. The highest BCUT2D eigenvalue weighted by Gasteiger charge is 2.11. The van der Waals surface area contributed by atoms with Gasteiger partial charge >= 0.3 is 0 Å². The Hall–Kier alpha value is -1.80. The first-order chi connectivity index (χ1) is 11.6. The van der Waals surface area contributed by atoms with Crippen molar-refractivity contribution in [1.82, 2.24) is 0 Å². The predicted molar refractivity (Wildman–Crippen MR) is 103 cm³/mol. The number of hydrogen-bond donors (Lipinski definition) is 1. The van der Waals surface area contributed by atoms with Gasteiger partial charge in [-0.05, 0) is 67.6 Å². The van der Waals surface area contributed by atoms with E-state index >= 15 is 0 Å². The molecule has 2 N–H and O–H groups in total. The molecular weight excluding hydrogens is 294 g/mol. The van der Waals surface area contributed by atoms with Crippen LogP contribution in [0, 0.1) is 13.8 Å². The largest absolute Gasteiger partial charge is 0.494 e. The molecule has 0 aliphatic rings. The minimum atomic E-state index is 0.362. The molecular formula is C22H31NO. The molecule has 0 spiro atoms. The monoisotopic (exact) mass is 325 g/mol. The fourth-order valence-corrected chi connectivity index (χ4v) is 2.90. The number of ether oxygens (including phenoxy) is 1. The summed E-state index contributed by atoms with van der Waals surface area (Å²) in [5.41, 5.74) is 11.4. The van der Waals surface area contributed by atoms with E-state index in [0.29, 0.717) is 12.5 Å². The Kier molecular flexibility index (Phi) is 7.33.